The summed E-state index contributed by atoms with van der Waals surface area (Å²) in [6, 6.07) is 0.264. The van der Waals surface area contributed by atoms with Crippen LogP contribution in [0.3, 0.4) is 0 Å². The Kier molecular flexibility index (Phi) is 6.17. The second-order valence-electron chi connectivity index (χ2n) is 7.16. The number of Topliss-reactive ketones (excluding diaryl/α,β-unsaturated/α-hetero) is 1. The lowest BCUT2D eigenvalue weighted by Gasteiger charge is -2.36. The van der Waals surface area contributed by atoms with Crippen molar-refractivity contribution in [1.82, 2.24) is 0 Å². The van der Waals surface area contributed by atoms with E-state index in [4.69, 9.17) is 5.21 Å². The summed E-state index contributed by atoms with van der Waals surface area (Å²) < 4.78 is 0. The van der Waals surface area contributed by atoms with Crippen molar-refractivity contribution in [3.05, 3.63) is 5.21 Å². The molecule has 5 heteroatoms. The van der Waals surface area contributed by atoms with Gasteiger partial charge < -0.3 is 10.1 Å². The lowest BCUT2D eigenvalue weighted by Crippen LogP contribution is -3.17. The van der Waals surface area contributed by atoms with Gasteiger partial charge in [-0.1, -0.05) is 6.92 Å². The fraction of sp³-hybridized carbons (Fsp3) is 0.938. The number of carbonyl (C=O) groups is 1. The minimum atomic E-state index is -0.725. The maximum Gasteiger partial charge on any atom is 0.190 e. The van der Waals surface area contributed by atoms with Gasteiger partial charge >= 0.3 is 0 Å². The Hall–Kier alpha value is -0.490. The van der Waals surface area contributed by atoms with E-state index < -0.39 is 5.23 Å². The van der Waals surface area contributed by atoms with E-state index in [1.54, 1.807) is 0 Å². The van der Waals surface area contributed by atoms with Crippen LogP contribution in [0.15, 0.2) is 0 Å². The van der Waals surface area contributed by atoms with Gasteiger partial charge in [0.2, 0.25) is 0 Å². The molecule has 0 aromatic carbocycles. The van der Waals surface area contributed by atoms with E-state index in [0.29, 0.717) is 24.8 Å². The van der Waals surface area contributed by atoms with Crippen LogP contribution in [0.25, 0.3) is 0 Å². The summed E-state index contributed by atoms with van der Waals surface area (Å²) in [5, 5.41) is 19.6. The van der Waals surface area contributed by atoms with E-state index in [1.165, 1.54) is 24.2 Å². The number of rotatable bonds is 5. The summed E-state index contributed by atoms with van der Waals surface area (Å²) in [5.41, 5.74) is 0. The Balaban J connectivity index is 1.87. The van der Waals surface area contributed by atoms with Crippen LogP contribution in [0, 0.1) is 17.0 Å². The van der Waals surface area contributed by atoms with Gasteiger partial charge in [0.15, 0.2) is 5.78 Å². The number of likely N-dealkylation sites (tertiary alicyclic amines) is 1. The fourth-order valence-corrected chi connectivity index (χ4v) is 4.03. The quantitative estimate of drug-likeness (QED) is 0.625. The Morgan fingerprint density at radius 1 is 1.33 bits per heavy atom. The van der Waals surface area contributed by atoms with E-state index in [1.807, 2.05) is 0 Å². The molecule has 122 valence electrons. The van der Waals surface area contributed by atoms with Crippen LogP contribution in [0.2, 0.25) is 0 Å². The van der Waals surface area contributed by atoms with Gasteiger partial charge in [-0.15, -0.1) is 0 Å². The van der Waals surface area contributed by atoms with Crippen molar-refractivity contribution in [2.75, 3.05) is 13.1 Å². The molecule has 0 spiro atoms. The fourth-order valence-electron chi connectivity index (χ4n) is 4.03. The number of hydroxylamine groups is 2. The molecule has 1 aliphatic carbocycles. The highest BCUT2D eigenvalue weighted by Crippen LogP contribution is 2.23. The number of hydrogen-bond donors (Lipinski definition) is 3. The van der Waals surface area contributed by atoms with Gasteiger partial charge in [-0.2, -0.15) is 0 Å². The molecule has 6 atom stereocenters. The average molecular weight is 299 g/mol. The largest absolute Gasteiger partial charge is 0.600 e. The zero-order valence-corrected chi connectivity index (χ0v) is 13.4. The first-order chi connectivity index (χ1) is 10.0. The Morgan fingerprint density at radius 3 is 2.76 bits per heavy atom. The summed E-state index contributed by atoms with van der Waals surface area (Å²) in [6.45, 7) is 6.20. The van der Waals surface area contributed by atoms with Crippen molar-refractivity contribution in [3.8, 4) is 0 Å². The van der Waals surface area contributed by atoms with E-state index in [2.05, 4.69) is 13.8 Å². The number of ketones is 1. The smallest absolute Gasteiger partial charge is 0.190 e. The Morgan fingerprint density at radius 2 is 2.10 bits per heavy atom. The van der Waals surface area contributed by atoms with Crippen LogP contribution in [0.1, 0.15) is 58.8 Å². The van der Waals surface area contributed by atoms with Gasteiger partial charge in [0, 0.05) is 24.7 Å². The van der Waals surface area contributed by atoms with Gasteiger partial charge in [0.05, 0.1) is 12.6 Å². The predicted molar refractivity (Wildman–Crippen MR) is 80.0 cm³/mol. The molecule has 0 aromatic rings. The summed E-state index contributed by atoms with van der Waals surface area (Å²) in [5.74, 6) is 1.04. The molecule has 1 heterocycles. The average Bonchev–Trinajstić information content (AvgIpc) is 2.49. The predicted octanol–water partition coefficient (Wildman–Crippen LogP) is -0.0204. The summed E-state index contributed by atoms with van der Waals surface area (Å²) in [7, 11) is 0. The van der Waals surface area contributed by atoms with E-state index in [9.17, 15) is 10.0 Å². The van der Waals surface area contributed by atoms with Gasteiger partial charge in [-0.25, -0.2) is 10.4 Å². The van der Waals surface area contributed by atoms with Crippen LogP contribution in [0.4, 0.5) is 0 Å². The van der Waals surface area contributed by atoms with E-state index >= 15 is 0 Å². The third-order valence-electron chi connectivity index (χ3n) is 5.71. The molecule has 1 saturated heterocycles. The summed E-state index contributed by atoms with van der Waals surface area (Å²) in [4.78, 5) is 14.0. The molecule has 0 aromatic heterocycles. The normalized spacial score (nSPS) is 39.0. The summed E-state index contributed by atoms with van der Waals surface area (Å²) >= 11 is 0. The molecule has 2 aliphatic rings. The van der Waals surface area contributed by atoms with Crippen molar-refractivity contribution in [2.45, 2.75) is 70.9 Å². The van der Waals surface area contributed by atoms with Crippen molar-refractivity contribution in [1.29, 1.82) is 0 Å². The van der Waals surface area contributed by atoms with Gasteiger partial charge in [-0.3, -0.25) is 4.79 Å². The molecule has 0 amide bonds. The molecule has 2 rings (SSSR count). The molecule has 2 fully saturated rings. The topological polar surface area (TPSA) is 69.2 Å². The van der Waals surface area contributed by atoms with Crippen LogP contribution in [-0.4, -0.2) is 36.2 Å². The first kappa shape index (κ1) is 16.9. The maximum absolute atomic E-state index is 12.6. The van der Waals surface area contributed by atoms with Crippen molar-refractivity contribution in [2.24, 2.45) is 11.8 Å². The number of nitrogens with one attached hydrogen (secondary N) is 2. The Bertz CT molecular complexity index is 348. The van der Waals surface area contributed by atoms with Gasteiger partial charge in [0.1, 0.15) is 12.6 Å². The van der Waals surface area contributed by atoms with E-state index in [0.717, 1.165) is 31.7 Å². The highest BCUT2D eigenvalue weighted by molar-refractivity contribution is 5.82. The minimum Gasteiger partial charge on any atom is -0.600 e. The molecule has 3 N–H and O–H groups in total. The Labute approximate surface area is 127 Å². The first-order valence-corrected chi connectivity index (χ1v) is 8.61. The van der Waals surface area contributed by atoms with Crippen LogP contribution in [0.5, 0.6) is 0 Å². The maximum atomic E-state index is 12.6. The number of carbonyl (C=O) groups excluding carboxylic acids is 1. The first-order valence-electron chi connectivity index (χ1n) is 8.61. The standard InChI is InChI=1S/C16H30N2O3/c1-3-13-8-7-12(2)17(10-13)11-16(19)14-5-4-6-15(9-14)18(20)21/h12-15,18,20H,3-11H2,1-2H3/p+1. The van der Waals surface area contributed by atoms with Crippen molar-refractivity contribution < 1.29 is 20.1 Å². The molecular formula is C16H31N2O3+. The molecule has 5 nitrogen and oxygen atoms in total. The monoisotopic (exact) mass is 299 g/mol. The number of quaternary nitrogens is 2. The van der Waals surface area contributed by atoms with Crippen molar-refractivity contribution >= 4 is 5.78 Å². The lowest BCUT2D eigenvalue weighted by molar-refractivity contribution is -1.07. The van der Waals surface area contributed by atoms with Crippen LogP contribution >= 0.6 is 0 Å². The third-order valence-corrected chi connectivity index (χ3v) is 5.71. The molecule has 21 heavy (non-hydrogen) atoms. The number of hydrogen-bond acceptors (Lipinski definition) is 3. The molecule has 0 bridgehead atoms. The second kappa shape index (κ2) is 7.68. The highest BCUT2D eigenvalue weighted by atomic mass is 16.8. The molecule has 1 saturated carbocycles. The van der Waals surface area contributed by atoms with Gasteiger partial charge in [-0.05, 0) is 39.0 Å². The van der Waals surface area contributed by atoms with Crippen LogP contribution < -0.4 is 10.1 Å². The molecule has 6 unspecified atom stereocenters. The van der Waals surface area contributed by atoms with Crippen molar-refractivity contribution in [3.63, 3.8) is 0 Å². The van der Waals surface area contributed by atoms with E-state index in [-0.39, 0.29) is 12.0 Å². The third kappa shape index (κ3) is 4.49. The number of piperidine rings is 1. The van der Waals surface area contributed by atoms with Crippen LogP contribution in [-0.2, 0) is 4.79 Å². The lowest BCUT2D eigenvalue weighted by atomic mass is 9.82. The highest BCUT2D eigenvalue weighted by Gasteiger charge is 2.35. The molecule has 1 aliphatic heterocycles. The molecular weight excluding hydrogens is 268 g/mol. The summed E-state index contributed by atoms with van der Waals surface area (Å²) in [6.07, 6.45) is 6.78. The SMILES string of the molecule is CCC1CCC(C)[NH+](CC(=O)C2CCCC([NH+]([O-])O)C2)C1. The second-order valence-corrected chi connectivity index (χ2v) is 7.16. The minimum absolute atomic E-state index is 0.0125. The zero-order chi connectivity index (χ0) is 15.4. The van der Waals surface area contributed by atoms with Gasteiger partial charge in [0.25, 0.3) is 0 Å². The molecule has 0 radical (unpaired) electrons. The zero-order valence-electron chi connectivity index (χ0n) is 13.4.